The molecule has 1 heterocycles. The Labute approximate surface area is 351 Å². The summed E-state index contributed by atoms with van der Waals surface area (Å²) in [5.74, 6) is -5.94. The first kappa shape index (κ1) is 50.3. The average Bonchev–Trinajstić information content (AvgIpc) is 3.43. The quantitative estimate of drug-likeness (QED) is 0.0642. The minimum absolute atomic E-state index is 0.0753. The van der Waals surface area contributed by atoms with E-state index < -0.39 is 88.3 Å². The van der Waals surface area contributed by atoms with E-state index in [9.17, 15) is 43.5 Å². The van der Waals surface area contributed by atoms with Crippen molar-refractivity contribution in [3.63, 3.8) is 0 Å². The number of carboxylic acid groups (broad SMARTS) is 2. The summed E-state index contributed by atoms with van der Waals surface area (Å²) < 4.78 is 0. The van der Waals surface area contributed by atoms with Crippen molar-refractivity contribution >= 4 is 59.1 Å². The summed E-state index contributed by atoms with van der Waals surface area (Å²) in [4.78, 5) is 105. The minimum atomic E-state index is -1.30. The number of carboxylic acids is 2. The van der Waals surface area contributed by atoms with E-state index in [1.54, 1.807) is 20.2 Å². The molecule has 1 saturated heterocycles. The maximum atomic E-state index is 14.3. The van der Waals surface area contributed by atoms with Crippen molar-refractivity contribution in [2.24, 2.45) is 17.1 Å². The zero-order valence-electron chi connectivity index (χ0n) is 35.8. The van der Waals surface area contributed by atoms with Gasteiger partial charge in [0.05, 0.1) is 17.3 Å². The maximum absolute atomic E-state index is 14.3. The van der Waals surface area contributed by atoms with Gasteiger partial charge in [0, 0.05) is 49.7 Å². The number of aliphatic carboxylic acids is 2. The standard InChI is InChI=1S/C41H63N7O10S/c1-23(2)28(47(10)38(56)33(40(4,5)6)46-36(54)32(43-9)41(7,8)25-14-12-11-13-15-25)20-24(3)34(52)45-27(16-17-31(50)51)35(53)44-18-19-48-30(49)21-29(37(48)55)59-22-26(42)39(57)58/h11-15,20,23,26-29,32-33,43H,16-19,21-22,42H2,1-10H3,(H,44,53)(H,45,52)(H,46,54)(H,50,51)(H,57,58)/b24-20+/t26-,27+,28+,29?,32+,33?/m0/s1. The third-order valence-corrected chi connectivity index (χ3v) is 11.7. The number of hydrogen-bond donors (Lipinski definition) is 7. The monoisotopic (exact) mass is 845 g/mol. The van der Waals surface area contributed by atoms with E-state index in [-0.39, 0.29) is 55.0 Å². The molecular formula is C41H63N7O10S. The molecule has 6 atom stereocenters. The van der Waals surface area contributed by atoms with E-state index >= 15 is 0 Å². The lowest BCUT2D eigenvalue weighted by Crippen LogP contribution is -2.61. The molecule has 0 aliphatic carbocycles. The highest BCUT2D eigenvalue weighted by atomic mass is 32.2. The van der Waals surface area contributed by atoms with Crippen molar-refractivity contribution < 1.29 is 48.6 Å². The van der Waals surface area contributed by atoms with Crippen molar-refractivity contribution in [2.75, 3.05) is 32.9 Å². The lowest BCUT2D eigenvalue weighted by atomic mass is 9.76. The van der Waals surface area contributed by atoms with E-state index in [4.69, 9.17) is 10.8 Å². The van der Waals surface area contributed by atoms with Crippen LogP contribution in [-0.4, -0.2) is 136 Å². The predicted octanol–water partition coefficient (Wildman–Crippen LogP) is 1.25. The Morgan fingerprint density at radius 3 is 2.12 bits per heavy atom. The summed E-state index contributed by atoms with van der Waals surface area (Å²) in [5, 5.41) is 28.8. The van der Waals surface area contributed by atoms with Gasteiger partial charge >= 0.3 is 11.9 Å². The molecular weight excluding hydrogens is 783 g/mol. The molecule has 59 heavy (non-hydrogen) atoms. The molecule has 18 heteroatoms. The van der Waals surface area contributed by atoms with Crippen LogP contribution in [0.2, 0.25) is 0 Å². The fourth-order valence-electron chi connectivity index (χ4n) is 6.69. The highest BCUT2D eigenvalue weighted by Crippen LogP contribution is 2.29. The molecule has 328 valence electrons. The Balaban J connectivity index is 2.21. The summed E-state index contributed by atoms with van der Waals surface area (Å²) in [6, 6.07) is 4.79. The van der Waals surface area contributed by atoms with Gasteiger partial charge in [0.1, 0.15) is 18.1 Å². The molecule has 0 saturated carbocycles. The van der Waals surface area contributed by atoms with Crippen LogP contribution in [0.1, 0.15) is 80.2 Å². The van der Waals surface area contributed by atoms with Gasteiger partial charge in [0.15, 0.2) is 0 Å². The molecule has 8 N–H and O–H groups in total. The molecule has 1 aliphatic rings. The van der Waals surface area contributed by atoms with Crippen LogP contribution in [0.4, 0.5) is 0 Å². The van der Waals surface area contributed by atoms with Crippen molar-refractivity contribution in [1.29, 1.82) is 0 Å². The highest BCUT2D eigenvalue weighted by Gasteiger charge is 2.42. The Bertz CT molecular complexity index is 1730. The average molecular weight is 846 g/mol. The minimum Gasteiger partial charge on any atom is -0.481 e. The number of benzene rings is 1. The number of nitrogens with two attached hydrogens (primary N) is 1. The molecule has 0 bridgehead atoms. The third kappa shape index (κ3) is 14.2. The number of carbonyl (C=O) groups excluding carboxylic acids is 6. The molecule has 1 aliphatic heterocycles. The second-order valence-corrected chi connectivity index (χ2v) is 18.0. The van der Waals surface area contributed by atoms with Gasteiger partial charge in [-0.05, 0) is 37.3 Å². The van der Waals surface area contributed by atoms with Crippen LogP contribution in [0.3, 0.4) is 0 Å². The summed E-state index contributed by atoms with van der Waals surface area (Å²) in [6.07, 6.45) is 0.714. The Morgan fingerprint density at radius 1 is 0.983 bits per heavy atom. The molecule has 1 fully saturated rings. The Morgan fingerprint density at radius 2 is 1.59 bits per heavy atom. The van der Waals surface area contributed by atoms with E-state index in [1.165, 1.54) is 11.8 Å². The fraction of sp³-hybridized carbons (Fsp3) is 0.610. The number of amides is 6. The molecule has 17 nitrogen and oxygen atoms in total. The maximum Gasteiger partial charge on any atom is 0.321 e. The number of nitrogens with one attached hydrogen (secondary N) is 4. The van der Waals surface area contributed by atoms with Crippen molar-refractivity contribution in [2.45, 2.75) is 116 Å². The van der Waals surface area contributed by atoms with Crippen molar-refractivity contribution in [3.8, 4) is 0 Å². The predicted molar refractivity (Wildman–Crippen MR) is 224 cm³/mol. The van der Waals surface area contributed by atoms with Crippen LogP contribution in [0.5, 0.6) is 0 Å². The zero-order valence-corrected chi connectivity index (χ0v) is 36.6. The van der Waals surface area contributed by atoms with Gasteiger partial charge in [-0.2, -0.15) is 0 Å². The van der Waals surface area contributed by atoms with E-state index in [2.05, 4.69) is 21.3 Å². The summed E-state index contributed by atoms with van der Waals surface area (Å²) in [7, 11) is 3.28. The van der Waals surface area contributed by atoms with E-state index in [0.717, 1.165) is 22.2 Å². The van der Waals surface area contributed by atoms with Gasteiger partial charge in [-0.15, -0.1) is 11.8 Å². The first-order valence-electron chi connectivity index (χ1n) is 19.6. The first-order chi connectivity index (χ1) is 27.3. The SMILES string of the molecule is CN[C@H](C(=O)NC(C(=O)N(C)[C@H](/C=C(\C)C(=O)N[C@H](CCC(=O)O)C(=O)NCCN1C(=O)CC(SC[C@H](N)C(=O)O)C1=O)C(C)C)C(C)(C)C)C(C)(C)c1ccccc1. The largest absolute Gasteiger partial charge is 0.481 e. The van der Waals surface area contributed by atoms with Gasteiger partial charge < -0.3 is 42.1 Å². The van der Waals surface area contributed by atoms with Gasteiger partial charge in [-0.25, -0.2) is 0 Å². The first-order valence-corrected chi connectivity index (χ1v) is 20.6. The number of likely N-dealkylation sites (tertiary alicyclic amines) is 1. The van der Waals surface area contributed by atoms with Crippen LogP contribution in [-0.2, 0) is 43.8 Å². The Kier molecular flexibility index (Phi) is 18.8. The second kappa shape index (κ2) is 22.0. The summed E-state index contributed by atoms with van der Waals surface area (Å²) in [6.45, 7) is 14.3. The molecule has 0 aromatic heterocycles. The second-order valence-electron chi connectivity index (χ2n) is 16.8. The third-order valence-electron chi connectivity index (χ3n) is 10.3. The molecule has 1 aromatic carbocycles. The molecule has 1 aromatic rings. The van der Waals surface area contributed by atoms with E-state index in [1.807, 2.05) is 78.8 Å². The van der Waals surface area contributed by atoms with Gasteiger partial charge in [-0.1, -0.05) is 84.9 Å². The number of hydrogen-bond acceptors (Lipinski definition) is 11. The molecule has 2 rings (SSSR count). The van der Waals surface area contributed by atoms with Gasteiger partial charge in [0.2, 0.25) is 35.4 Å². The van der Waals surface area contributed by atoms with Crippen LogP contribution >= 0.6 is 11.8 Å². The topological polar surface area (TPSA) is 258 Å². The highest BCUT2D eigenvalue weighted by molar-refractivity contribution is 8.00. The molecule has 0 radical (unpaired) electrons. The molecule has 6 amide bonds. The van der Waals surface area contributed by atoms with Crippen LogP contribution in [0.25, 0.3) is 0 Å². The van der Waals surface area contributed by atoms with Crippen LogP contribution in [0.15, 0.2) is 42.0 Å². The number of carbonyl (C=O) groups is 8. The number of thioether (sulfide) groups is 1. The smallest absolute Gasteiger partial charge is 0.321 e. The Hall–Kier alpha value is -4.81. The van der Waals surface area contributed by atoms with Crippen molar-refractivity contribution in [3.05, 3.63) is 47.5 Å². The number of likely N-dealkylation sites (N-methyl/N-ethyl adjacent to an activating group) is 2. The molecule has 0 spiro atoms. The van der Waals surface area contributed by atoms with E-state index in [0.29, 0.717) is 0 Å². The number of imide groups is 1. The normalized spacial score (nSPS) is 17.5. The van der Waals surface area contributed by atoms with Gasteiger partial charge in [0.25, 0.3) is 0 Å². The lowest BCUT2D eigenvalue weighted by Gasteiger charge is -2.40. The summed E-state index contributed by atoms with van der Waals surface area (Å²) >= 11 is 0.960. The lowest BCUT2D eigenvalue weighted by molar-refractivity contribution is -0.141. The number of rotatable bonds is 22. The van der Waals surface area contributed by atoms with Crippen molar-refractivity contribution in [1.82, 2.24) is 31.1 Å². The zero-order chi connectivity index (χ0) is 45.0. The van der Waals surface area contributed by atoms with Crippen LogP contribution < -0.4 is 27.0 Å². The van der Waals surface area contributed by atoms with Gasteiger partial charge in [-0.3, -0.25) is 43.3 Å². The summed E-state index contributed by atoms with van der Waals surface area (Å²) in [5.41, 5.74) is 5.24. The van der Waals surface area contributed by atoms with Crippen LogP contribution in [0, 0.1) is 11.3 Å². The molecule has 2 unspecified atom stereocenters. The number of nitrogens with zero attached hydrogens (tertiary/aromatic N) is 2. The fourth-order valence-corrected chi connectivity index (χ4v) is 7.81.